The quantitative estimate of drug-likeness (QED) is 0.364. The first kappa shape index (κ1) is 12.7. The van der Waals surface area contributed by atoms with Gasteiger partial charge in [0.15, 0.2) is 11.5 Å². The van der Waals surface area contributed by atoms with E-state index in [4.69, 9.17) is 4.55 Å². The number of hydrogen-bond donors (Lipinski definition) is 3. The number of phenols is 2. The third-order valence-electron chi connectivity index (χ3n) is 3.24. The number of phenolic OH excluding ortho intramolecular Hbond substituents is 2. The predicted octanol–water partition coefficient (Wildman–Crippen LogP) is 2.65. The SMILES string of the molecule is O=S(=O)(O)c1ccc2c(c1)c(O)c(O)c1ccccc12. The predicted molar refractivity (Wildman–Crippen MR) is 74.6 cm³/mol. The molecule has 6 heteroatoms. The van der Waals surface area contributed by atoms with Gasteiger partial charge in [0.1, 0.15) is 0 Å². The molecule has 0 unspecified atom stereocenters. The number of fused-ring (bicyclic) bond motifs is 3. The van der Waals surface area contributed by atoms with Gasteiger partial charge in [-0.15, -0.1) is 0 Å². The van der Waals surface area contributed by atoms with Gasteiger partial charge in [-0.1, -0.05) is 30.3 Å². The second-order valence-electron chi connectivity index (χ2n) is 4.43. The first-order valence-electron chi connectivity index (χ1n) is 5.73. The Labute approximate surface area is 114 Å². The summed E-state index contributed by atoms with van der Waals surface area (Å²) in [7, 11) is -4.37. The van der Waals surface area contributed by atoms with E-state index in [0.717, 1.165) is 6.07 Å². The zero-order valence-corrected chi connectivity index (χ0v) is 10.9. The lowest BCUT2D eigenvalue weighted by Gasteiger charge is -2.10. The Hall–Kier alpha value is -2.31. The van der Waals surface area contributed by atoms with Crippen LogP contribution >= 0.6 is 0 Å². The maximum Gasteiger partial charge on any atom is 0.294 e. The van der Waals surface area contributed by atoms with E-state index in [1.165, 1.54) is 12.1 Å². The molecule has 0 aliphatic rings. The van der Waals surface area contributed by atoms with Gasteiger partial charge in [-0.2, -0.15) is 8.42 Å². The van der Waals surface area contributed by atoms with Crippen molar-refractivity contribution in [3.05, 3.63) is 42.5 Å². The summed E-state index contributed by atoms with van der Waals surface area (Å²) in [5.74, 6) is -0.732. The Morgan fingerprint density at radius 1 is 0.750 bits per heavy atom. The molecule has 0 saturated carbocycles. The minimum atomic E-state index is -4.37. The summed E-state index contributed by atoms with van der Waals surface area (Å²) in [4.78, 5) is -0.338. The van der Waals surface area contributed by atoms with Gasteiger partial charge in [-0.3, -0.25) is 4.55 Å². The van der Waals surface area contributed by atoms with Crippen LogP contribution in [-0.4, -0.2) is 23.2 Å². The van der Waals surface area contributed by atoms with Crippen molar-refractivity contribution < 1.29 is 23.2 Å². The van der Waals surface area contributed by atoms with Gasteiger partial charge >= 0.3 is 0 Å². The molecule has 0 aromatic heterocycles. The minimum Gasteiger partial charge on any atom is -0.504 e. The smallest absolute Gasteiger partial charge is 0.294 e. The number of hydrogen-bond acceptors (Lipinski definition) is 4. The zero-order chi connectivity index (χ0) is 14.5. The van der Waals surface area contributed by atoms with Gasteiger partial charge in [0.05, 0.1) is 4.90 Å². The molecule has 102 valence electrons. The van der Waals surface area contributed by atoms with Crippen molar-refractivity contribution in [3.63, 3.8) is 0 Å². The molecule has 3 rings (SSSR count). The third kappa shape index (κ3) is 1.77. The molecule has 0 saturated heterocycles. The lowest BCUT2D eigenvalue weighted by Crippen LogP contribution is -1.97. The molecule has 5 nitrogen and oxygen atoms in total. The molecule has 0 spiro atoms. The highest BCUT2D eigenvalue weighted by Crippen LogP contribution is 2.42. The Kier molecular flexibility index (Phi) is 2.60. The van der Waals surface area contributed by atoms with Crippen molar-refractivity contribution in [2.45, 2.75) is 4.90 Å². The van der Waals surface area contributed by atoms with Crippen LogP contribution in [0.2, 0.25) is 0 Å². The first-order chi connectivity index (χ1) is 9.39. The van der Waals surface area contributed by atoms with Crippen molar-refractivity contribution in [1.82, 2.24) is 0 Å². The van der Waals surface area contributed by atoms with Crippen LogP contribution < -0.4 is 0 Å². The van der Waals surface area contributed by atoms with Crippen molar-refractivity contribution in [3.8, 4) is 11.5 Å². The molecule has 0 aliphatic carbocycles. The summed E-state index contributed by atoms with van der Waals surface area (Å²) >= 11 is 0. The molecule has 0 aliphatic heterocycles. The lowest BCUT2D eigenvalue weighted by molar-refractivity contribution is 0.412. The van der Waals surface area contributed by atoms with E-state index in [1.54, 1.807) is 24.3 Å². The summed E-state index contributed by atoms with van der Waals surface area (Å²) < 4.78 is 31.3. The molecule has 0 bridgehead atoms. The highest BCUT2D eigenvalue weighted by atomic mass is 32.2. The second kappa shape index (κ2) is 4.09. The summed E-state index contributed by atoms with van der Waals surface area (Å²) in [5.41, 5.74) is 0. The van der Waals surface area contributed by atoms with E-state index in [0.29, 0.717) is 16.2 Å². The fourth-order valence-corrected chi connectivity index (χ4v) is 2.80. The average Bonchev–Trinajstić information content (AvgIpc) is 2.43. The fraction of sp³-hybridized carbons (Fsp3) is 0. The standard InChI is InChI=1S/C14H10O5S/c15-13-11-4-2-1-3-9(11)10-6-5-8(20(17,18)19)7-12(10)14(13)16/h1-7,15-16H,(H,17,18,19). The topological polar surface area (TPSA) is 94.8 Å². The van der Waals surface area contributed by atoms with Gasteiger partial charge in [-0.05, 0) is 22.9 Å². The number of rotatable bonds is 1. The molecule has 0 amide bonds. The lowest BCUT2D eigenvalue weighted by atomic mass is 10.00. The van der Waals surface area contributed by atoms with Crippen molar-refractivity contribution in [2.24, 2.45) is 0 Å². The van der Waals surface area contributed by atoms with E-state index in [-0.39, 0.29) is 16.0 Å². The van der Waals surface area contributed by atoms with E-state index < -0.39 is 15.9 Å². The van der Waals surface area contributed by atoms with E-state index in [1.807, 2.05) is 0 Å². The van der Waals surface area contributed by atoms with Crippen LogP contribution in [0, 0.1) is 0 Å². The number of aromatic hydroxyl groups is 2. The van der Waals surface area contributed by atoms with Gasteiger partial charge in [-0.25, -0.2) is 0 Å². The van der Waals surface area contributed by atoms with Crippen LogP contribution in [0.4, 0.5) is 0 Å². The van der Waals surface area contributed by atoms with Gasteiger partial charge in [0, 0.05) is 10.8 Å². The van der Waals surface area contributed by atoms with E-state index in [2.05, 4.69) is 0 Å². The molecule has 20 heavy (non-hydrogen) atoms. The number of benzene rings is 3. The average molecular weight is 290 g/mol. The highest BCUT2D eigenvalue weighted by Gasteiger charge is 2.16. The van der Waals surface area contributed by atoms with Crippen LogP contribution in [0.1, 0.15) is 0 Å². The van der Waals surface area contributed by atoms with Crippen LogP contribution in [0.3, 0.4) is 0 Å². The molecule has 0 heterocycles. The van der Waals surface area contributed by atoms with Crippen molar-refractivity contribution in [2.75, 3.05) is 0 Å². The largest absolute Gasteiger partial charge is 0.504 e. The summed E-state index contributed by atoms with van der Waals surface area (Å²) in [6.45, 7) is 0. The summed E-state index contributed by atoms with van der Waals surface area (Å²) in [6.07, 6.45) is 0. The van der Waals surface area contributed by atoms with Crippen LogP contribution in [0.15, 0.2) is 47.4 Å². The Balaban J connectivity index is 2.55. The Morgan fingerprint density at radius 3 is 1.95 bits per heavy atom. The van der Waals surface area contributed by atoms with Crippen LogP contribution in [0.5, 0.6) is 11.5 Å². The molecular formula is C14H10O5S. The monoisotopic (exact) mass is 290 g/mol. The molecule has 3 N–H and O–H groups in total. The highest BCUT2D eigenvalue weighted by molar-refractivity contribution is 7.85. The summed E-state index contributed by atoms with van der Waals surface area (Å²) in [5, 5.41) is 21.9. The second-order valence-corrected chi connectivity index (χ2v) is 5.85. The summed E-state index contributed by atoms with van der Waals surface area (Å²) in [6, 6.07) is 10.8. The Bertz CT molecular complexity index is 945. The fourth-order valence-electron chi connectivity index (χ4n) is 2.29. The van der Waals surface area contributed by atoms with Gasteiger partial charge in [0.25, 0.3) is 10.1 Å². The van der Waals surface area contributed by atoms with E-state index >= 15 is 0 Å². The maximum atomic E-state index is 11.1. The Morgan fingerprint density at radius 2 is 1.30 bits per heavy atom. The molecule has 3 aromatic carbocycles. The minimum absolute atomic E-state index is 0.163. The normalized spacial score (nSPS) is 12.1. The molecule has 0 radical (unpaired) electrons. The van der Waals surface area contributed by atoms with Crippen LogP contribution in [0.25, 0.3) is 21.5 Å². The molecule has 3 aromatic rings. The van der Waals surface area contributed by atoms with Crippen molar-refractivity contribution in [1.29, 1.82) is 0 Å². The molecule has 0 fully saturated rings. The van der Waals surface area contributed by atoms with E-state index in [9.17, 15) is 18.6 Å². The molecule has 0 atom stereocenters. The van der Waals surface area contributed by atoms with Crippen LogP contribution in [-0.2, 0) is 10.1 Å². The van der Waals surface area contributed by atoms with Crippen molar-refractivity contribution >= 4 is 31.7 Å². The van der Waals surface area contributed by atoms with Gasteiger partial charge < -0.3 is 10.2 Å². The zero-order valence-electron chi connectivity index (χ0n) is 10.1. The first-order valence-corrected chi connectivity index (χ1v) is 7.17. The van der Waals surface area contributed by atoms with Gasteiger partial charge in [0.2, 0.25) is 0 Å². The maximum absolute atomic E-state index is 11.1. The third-order valence-corrected chi connectivity index (χ3v) is 4.09. The molecular weight excluding hydrogens is 280 g/mol.